The lowest BCUT2D eigenvalue weighted by Gasteiger charge is -2.08. The average Bonchev–Trinajstić information content (AvgIpc) is 2.62. The van der Waals surface area contributed by atoms with Gasteiger partial charge in [-0.3, -0.25) is 14.8 Å². The molecule has 0 fully saturated rings. The van der Waals surface area contributed by atoms with Crippen molar-refractivity contribution in [1.29, 1.82) is 0 Å². The van der Waals surface area contributed by atoms with Crippen LogP contribution in [0.2, 0.25) is 0 Å². The molecule has 0 unspecified atom stereocenters. The number of aromatic hydroxyl groups is 1. The third-order valence-corrected chi connectivity index (χ3v) is 4.85. The molecule has 0 aliphatic heterocycles. The molecule has 0 saturated heterocycles. The Hall–Kier alpha value is -2.44. The molecule has 0 amide bonds. The summed E-state index contributed by atoms with van der Waals surface area (Å²) in [5.74, 6) is -0.186. The molecule has 1 heterocycles. The Kier molecular flexibility index (Phi) is 6.08. The Bertz CT molecular complexity index is 1020. The fourth-order valence-corrected chi connectivity index (χ4v) is 3.29. The minimum absolute atomic E-state index is 0.186. The van der Waals surface area contributed by atoms with Gasteiger partial charge in [0.2, 0.25) is 5.88 Å². The summed E-state index contributed by atoms with van der Waals surface area (Å²) in [6, 6.07) is 13.4. The molecular formula is C21H22BrN3O2. The Morgan fingerprint density at radius 1 is 1.15 bits per heavy atom. The number of rotatable bonds is 6. The summed E-state index contributed by atoms with van der Waals surface area (Å²) in [7, 11) is 4.15. The standard InChI is InChI=1S/C21H22BrN3O2/c1-25(2)11-3-4-14-5-8-16(9-6-14)23-13-19-18-12-15(22)7-10-17(18)20(26)24-21(19)27/h5-10,12-13H,3-4,11H2,1-2H3,(H2,24,26,27). The summed E-state index contributed by atoms with van der Waals surface area (Å²) in [5, 5.41) is 11.3. The second-order valence-corrected chi connectivity index (χ2v) is 7.65. The molecule has 2 N–H and O–H groups in total. The van der Waals surface area contributed by atoms with Gasteiger partial charge in [0.05, 0.1) is 11.3 Å². The van der Waals surface area contributed by atoms with Gasteiger partial charge in [0.1, 0.15) is 0 Å². The molecule has 2 aromatic carbocycles. The summed E-state index contributed by atoms with van der Waals surface area (Å²) in [5.41, 5.74) is 2.23. The molecule has 140 valence electrons. The summed E-state index contributed by atoms with van der Waals surface area (Å²) in [6.07, 6.45) is 3.73. The molecule has 1 aromatic heterocycles. The second kappa shape index (κ2) is 8.50. The highest BCUT2D eigenvalue weighted by atomic mass is 79.9. The van der Waals surface area contributed by atoms with E-state index in [4.69, 9.17) is 0 Å². The summed E-state index contributed by atoms with van der Waals surface area (Å²) in [4.78, 5) is 21.1. The van der Waals surface area contributed by atoms with Gasteiger partial charge >= 0.3 is 0 Å². The molecule has 0 bridgehead atoms. The Morgan fingerprint density at radius 3 is 2.59 bits per heavy atom. The first kappa shape index (κ1) is 19.3. The number of fused-ring (bicyclic) bond motifs is 1. The highest BCUT2D eigenvalue weighted by molar-refractivity contribution is 9.10. The number of halogens is 1. The number of aryl methyl sites for hydroxylation is 1. The molecule has 3 aromatic rings. The molecule has 0 aliphatic rings. The predicted octanol–water partition coefficient (Wildman–Crippen LogP) is 4.24. The van der Waals surface area contributed by atoms with Crippen LogP contribution in [0.1, 0.15) is 17.5 Å². The van der Waals surface area contributed by atoms with Gasteiger partial charge in [-0.15, -0.1) is 0 Å². The highest BCUT2D eigenvalue weighted by Gasteiger charge is 2.09. The number of aliphatic imine (C=N–C) groups is 1. The van der Waals surface area contributed by atoms with Gasteiger partial charge in [-0.2, -0.15) is 0 Å². The maximum atomic E-state index is 12.0. The number of hydrogen-bond donors (Lipinski definition) is 2. The van der Waals surface area contributed by atoms with Gasteiger partial charge in [-0.05, 0) is 69.4 Å². The first-order valence-corrected chi connectivity index (χ1v) is 9.55. The number of nitrogens with zero attached hydrogens (tertiary/aromatic N) is 2. The molecule has 3 rings (SSSR count). The van der Waals surface area contributed by atoms with Crippen molar-refractivity contribution in [2.24, 2.45) is 4.99 Å². The van der Waals surface area contributed by atoms with Crippen LogP contribution in [0.25, 0.3) is 10.8 Å². The Balaban J connectivity index is 1.84. The molecule has 5 nitrogen and oxygen atoms in total. The first-order valence-electron chi connectivity index (χ1n) is 8.76. The third-order valence-electron chi connectivity index (χ3n) is 4.35. The average molecular weight is 428 g/mol. The van der Waals surface area contributed by atoms with Crippen LogP contribution in [0.15, 0.2) is 56.7 Å². The van der Waals surface area contributed by atoms with Crippen LogP contribution in [-0.4, -0.2) is 41.8 Å². The van der Waals surface area contributed by atoms with E-state index < -0.39 is 0 Å². The van der Waals surface area contributed by atoms with Crippen molar-refractivity contribution in [3.63, 3.8) is 0 Å². The number of aromatic amines is 1. The van der Waals surface area contributed by atoms with E-state index in [1.54, 1.807) is 24.4 Å². The molecule has 0 atom stereocenters. The SMILES string of the molecule is CN(C)CCCc1ccc(N=Cc2c(O)[nH]c(=O)c3ccc(Br)cc23)cc1. The lowest BCUT2D eigenvalue weighted by molar-refractivity contribution is 0.400. The van der Waals surface area contributed by atoms with Crippen molar-refractivity contribution in [1.82, 2.24) is 9.88 Å². The van der Waals surface area contributed by atoms with E-state index in [2.05, 4.69) is 57.0 Å². The predicted molar refractivity (Wildman–Crippen MR) is 115 cm³/mol. The Labute approximate surface area is 166 Å². The number of aromatic nitrogens is 1. The van der Waals surface area contributed by atoms with Gasteiger partial charge in [0.25, 0.3) is 5.56 Å². The third kappa shape index (κ3) is 4.84. The Morgan fingerprint density at radius 2 is 1.89 bits per heavy atom. The molecule has 0 radical (unpaired) electrons. The lowest BCUT2D eigenvalue weighted by atomic mass is 10.1. The van der Waals surface area contributed by atoms with E-state index in [9.17, 15) is 9.90 Å². The maximum absolute atomic E-state index is 12.0. The van der Waals surface area contributed by atoms with Crippen molar-refractivity contribution in [2.75, 3.05) is 20.6 Å². The van der Waals surface area contributed by atoms with Gasteiger partial charge in [-0.25, -0.2) is 0 Å². The van der Waals surface area contributed by atoms with Crippen molar-refractivity contribution >= 4 is 38.6 Å². The van der Waals surface area contributed by atoms with Crippen molar-refractivity contribution in [3.8, 4) is 5.88 Å². The van der Waals surface area contributed by atoms with Crippen LogP contribution in [-0.2, 0) is 6.42 Å². The molecule has 27 heavy (non-hydrogen) atoms. The number of hydrogen-bond acceptors (Lipinski definition) is 4. The van der Waals surface area contributed by atoms with E-state index in [-0.39, 0.29) is 11.4 Å². The molecular weight excluding hydrogens is 406 g/mol. The highest BCUT2D eigenvalue weighted by Crippen LogP contribution is 2.25. The lowest BCUT2D eigenvalue weighted by Crippen LogP contribution is -2.13. The van der Waals surface area contributed by atoms with E-state index in [0.717, 1.165) is 29.5 Å². The zero-order valence-corrected chi connectivity index (χ0v) is 17.0. The maximum Gasteiger partial charge on any atom is 0.258 e. The number of nitrogens with one attached hydrogen (secondary N) is 1. The van der Waals surface area contributed by atoms with Gasteiger partial charge in [-0.1, -0.05) is 28.1 Å². The topological polar surface area (TPSA) is 68.7 Å². The van der Waals surface area contributed by atoms with Crippen LogP contribution in [0.5, 0.6) is 5.88 Å². The number of pyridine rings is 1. The molecule has 0 aliphatic carbocycles. The summed E-state index contributed by atoms with van der Waals surface area (Å²) < 4.78 is 0.830. The monoisotopic (exact) mass is 427 g/mol. The van der Waals surface area contributed by atoms with Gasteiger partial charge < -0.3 is 10.0 Å². The van der Waals surface area contributed by atoms with E-state index in [1.807, 2.05) is 12.1 Å². The second-order valence-electron chi connectivity index (χ2n) is 6.74. The van der Waals surface area contributed by atoms with E-state index >= 15 is 0 Å². The largest absolute Gasteiger partial charge is 0.494 e. The quantitative estimate of drug-likeness (QED) is 0.577. The van der Waals surface area contributed by atoms with Crippen LogP contribution < -0.4 is 5.56 Å². The summed E-state index contributed by atoms with van der Waals surface area (Å²) >= 11 is 3.41. The van der Waals surface area contributed by atoms with E-state index in [1.165, 1.54) is 5.56 Å². The first-order chi connectivity index (χ1) is 12.9. The minimum atomic E-state index is -0.325. The van der Waals surface area contributed by atoms with Crippen LogP contribution in [0.4, 0.5) is 5.69 Å². The van der Waals surface area contributed by atoms with Crippen molar-refractivity contribution < 1.29 is 5.11 Å². The smallest absolute Gasteiger partial charge is 0.258 e. The minimum Gasteiger partial charge on any atom is -0.494 e. The normalized spacial score (nSPS) is 11.7. The van der Waals surface area contributed by atoms with Crippen LogP contribution in [0, 0.1) is 0 Å². The number of H-pyrrole nitrogens is 1. The van der Waals surface area contributed by atoms with Gasteiger partial charge in [0.15, 0.2) is 0 Å². The van der Waals surface area contributed by atoms with E-state index in [0.29, 0.717) is 16.3 Å². The number of benzene rings is 2. The van der Waals surface area contributed by atoms with Crippen molar-refractivity contribution in [2.45, 2.75) is 12.8 Å². The van der Waals surface area contributed by atoms with Crippen molar-refractivity contribution in [3.05, 3.63) is 68.4 Å². The zero-order chi connectivity index (χ0) is 19.4. The molecule has 6 heteroatoms. The zero-order valence-electron chi connectivity index (χ0n) is 15.4. The molecule has 0 saturated carbocycles. The fraction of sp³-hybridized carbons (Fsp3) is 0.238. The molecule has 0 spiro atoms. The fourth-order valence-electron chi connectivity index (χ4n) is 2.92. The summed E-state index contributed by atoms with van der Waals surface area (Å²) in [6.45, 7) is 1.06. The van der Waals surface area contributed by atoms with Gasteiger partial charge in [0, 0.05) is 21.5 Å². The van der Waals surface area contributed by atoms with Crippen LogP contribution >= 0.6 is 15.9 Å². The van der Waals surface area contributed by atoms with Crippen LogP contribution in [0.3, 0.4) is 0 Å².